The Hall–Kier alpha value is -1.12. The highest BCUT2D eigenvalue weighted by atomic mass is 16.1. The van der Waals surface area contributed by atoms with Crippen molar-refractivity contribution in [2.75, 3.05) is 20.1 Å². The van der Waals surface area contributed by atoms with Gasteiger partial charge in [-0.3, -0.25) is 9.79 Å². The average Bonchev–Trinajstić information content (AvgIpc) is 2.35. The zero-order chi connectivity index (χ0) is 13.1. The minimum absolute atomic E-state index is 0.151. The molecule has 0 aromatic heterocycles. The lowest BCUT2D eigenvalue weighted by atomic mass is 10.2. The fourth-order valence-corrected chi connectivity index (χ4v) is 1.57. The molecule has 17 heavy (non-hydrogen) atoms. The van der Waals surface area contributed by atoms with Crippen LogP contribution in [0.25, 0.3) is 0 Å². The van der Waals surface area contributed by atoms with Crippen molar-refractivity contribution >= 4 is 11.6 Å². The molecule has 0 radical (unpaired) electrons. The van der Waals surface area contributed by atoms with Gasteiger partial charge in [-0.15, -0.1) is 0 Å². The van der Waals surface area contributed by atoms with Crippen LogP contribution in [-0.4, -0.2) is 36.7 Å². The highest BCUT2D eigenvalue weighted by Gasteiger charge is 2.06. The lowest BCUT2D eigenvalue weighted by Crippen LogP contribution is -2.31. The summed E-state index contributed by atoms with van der Waals surface area (Å²) in [7, 11) is 1.78. The fraction of sp³-hybridized carbons (Fsp3) is 0.714. The van der Waals surface area contributed by atoms with Gasteiger partial charge in [0, 0.05) is 26.6 Å². The Morgan fingerprint density at radius 2 is 1.82 bits per heavy atom. The van der Waals surface area contributed by atoms with Crippen molar-refractivity contribution in [1.29, 1.82) is 0 Å². The molecule has 3 heteroatoms. The van der Waals surface area contributed by atoms with Gasteiger partial charge in [-0.25, -0.2) is 0 Å². The molecule has 0 fully saturated rings. The molecular weight excluding hydrogens is 212 g/mol. The van der Waals surface area contributed by atoms with Gasteiger partial charge in [0.1, 0.15) is 5.84 Å². The SMILES string of the molecule is CCCCN(CCC)C(/C=C\C(=O)CC)=NC. The molecule has 0 unspecified atom stereocenters. The number of allylic oxidation sites excluding steroid dienone is 1. The van der Waals surface area contributed by atoms with Gasteiger partial charge in [-0.05, 0) is 25.0 Å². The molecule has 0 heterocycles. The predicted octanol–water partition coefficient (Wildman–Crippen LogP) is 3.06. The van der Waals surface area contributed by atoms with E-state index in [2.05, 4.69) is 23.7 Å². The molecule has 3 nitrogen and oxygen atoms in total. The van der Waals surface area contributed by atoms with Crippen LogP contribution >= 0.6 is 0 Å². The lowest BCUT2D eigenvalue weighted by molar-refractivity contribution is -0.114. The van der Waals surface area contributed by atoms with Crippen LogP contribution < -0.4 is 0 Å². The largest absolute Gasteiger partial charge is 0.357 e. The van der Waals surface area contributed by atoms with Crippen LogP contribution in [0.15, 0.2) is 17.1 Å². The molecule has 0 spiro atoms. The molecule has 0 aromatic rings. The third-order valence-electron chi connectivity index (χ3n) is 2.59. The van der Waals surface area contributed by atoms with E-state index < -0.39 is 0 Å². The zero-order valence-electron chi connectivity index (χ0n) is 11.7. The van der Waals surface area contributed by atoms with Gasteiger partial charge in [0.05, 0.1) is 0 Å². The Morgan fingerprint density at radius 1 is 1.12 bits per heavy atom. The number of hydrogen-bond acceptors (Lipinski definition) is 2. The van der Waals surface area contributed by atoms with Crippen molar-refractivity contribution in [3.8, 4) is 0 Å². The van der Waals surface area contributed by atoms with Gasteiger partial charge in [0.15, 0.2) is 5.78 Å². The van der Waals surface area contributed by atoms with Gasteiger partial charge in [0.2, 0.25) is 0 Å². The summed E-state index contributed by atoms with van der Waals surface area (Å²) in [6.07, 6.45) is 7.46. The third kappa shape index (κ3) is 6.93. The van der Waals surface area contributed by atoms with Crippen LogP contribution in [0, 0.1) is 0 Å². The topological polar surface area (TPSA) is 32.7 Å². The monoisotopic (exact) mass is 238 g/mol. The van der Waals surface area contributed by atoms with Crippen LogP contribution in [0.2, 0.25) is 0 Å². The molecule has 0 aliphatic rings. The molecule has 0 bridgehead atoms. The summed E-state index contributed by atoms with van der Waals surface area (Å²) in [6, 6.07) is 0. The van der Waals surface area contributed by atoms with Gasteiger partial charge < -0.3 is 4.90 Å². The zero-order valence-corrected chi connectivity index (χ0v) is 11.7. The second kappa shape index (κ2) is 10.1. The van der Waals surface area contributed by atoms with Crippen LogP contribution in [0.1, 0.15) is 46.5 Å². The maximum absolute atomic E-state index is 11.3. The molecule has 0 atom stereocenters. The summed E-state index contributed by atoms with van der Waals surface area (Å²) in [4.78, 5) is 17.8. The quantitative estimate of drug-likeness (QED) is 0.370. The molecule has 0 aliphatic carbocycles. The van der Waals surface area contributed by atoms with E-state index in [4.69, 9.17) is 0 Å². The van der Waals surface area contributed by atoms with E-state index in [1.165, 1.54) is 6.42 Å². The van der Waals surface area contributed by atoms with Crippen molar-refractivity contribution in [3.63, 3.8) is 0 Å². The number of nitrogens with zero attached hydrogens (tertiary/aromatic N) is 2. The average molecular weight is 238 g/mol. The Balaban J connectivity index is 4.55. The first-order chi connectivity index (χ1) is 8.19. The van der Waals surface area contributed by atoms with Crippen molar-refractivity contribution in [1.82, 2.24) is 4.90 Å². The first-order valence-corrected chi connectivity index (χ1v) is 6.62. The smallest absolute Gasteiger partial charge is 0.155 e. The van der Waals surface area contributed by atoms with E-state index in [9.17, 15) is 4.79 Å². The lowest BCUT2D eigenvalue weighted by Gasteiger charge is -2.23. The second-order valence-corrected chi connectivity index (χ2v) is 4.08. The summed E-state index contributed by atoms with van der Waals surface area (Å²) < 4.78 is 0. The minimum atomic E-state index is 0.151. The van der Waals surface area contributed by atoms with Gasteiger partial charge in [-0.2, -0.15) is 0 Å². The first-order valence-electron chi connectivity index (χ1n) is 6.62. The molecular formula is C14H26N2O. The number of unbranched alkanes of at least 4 members (excludes halogenated alkanes) is 1. The second-order valence-electron chi connectivity index (χ2n) is 4.08. The molecule has 0 rings (SSSR count). The summed E-state index contributed by atoms with van der Waals surface area (Å²) in [5.74, 6) is 1.07. The van der Waals surface area contributed by atoms with Crippen molar-refractivity contribution in [3.05, 3.63) is 12.2 Å². The molecule has 0 saturated carbocycles. The Bertz CT molecular complexity index is 269. The van der Waals surface area contributed by atoms with Crippen LogP contribution in [0.4, 0.5) is 0 Å². The minimum Gasteiger partial charge on any atom is -0.357 e. The molecule has 98 valence electrons. The van der Waals surface area contributed by atoms with E-state index in [0.717, 1.165) is 31.8 Å². The number of rotatable bonds is 8. The van der Waals surface area contributed by atoms with Crippen molar-refractivity contribution < 1.29 is 4.79 Å². The fourth-order valence-electron chi connectivity index (χ4n) is 1.57. The predicted molar refractivity (Wildman–Crippen MR) is 74.6 cm³/mol. The molecule has 0 amide bonds. The number of ketones is 1. The van der Waals surface area contributed by atoms with Gasteiger partial charge >= 0.3 is 0 Å². The molecule has 0 aromatic carbocycles. The van der Waals surface area contributed by atoms with E-state index in [-0.39, 0.29) is 5.78 Å². The van der Waals surface area contributed by atoms with Crippen molar-refractivity contribution in [2.24, 2.45) is 4.99 Å². The Labute approximate surface area is 106 Å². The van der Waals surface area contributed by atoms with E-state index in [1.807, 2.05) is 13.0 Å². The highest BCUT2D eigenvalue weighted by molar-refractivity contribution is 6.00. The van der Waals surface area contributed by atoms with Crippen LogP contribution in [0.3, 0.4) is 0 Å². The number of amidine groups is 1. The standard InChI is InChI=1S/C14H26N2O/c1-5-8-12-16(11-6-2)14(15-4)10-9-13(17)7-3/h9-10H,5-8,11-12H2,1-4H3/b10-9-,15-14?. The maximum atomic E-state index is 11.3. The molecule has 0 saturated heterocycles. The number of carbonyl (C=O) groups excluding carboxylic acids is 1. The van der Waals surface area contributed by atoms with E-state index in [1.54, 1.807) is 13.1 Å². The van der Waals surface area contributed by atoms with Gasteiger partial charge in [-0.1, -0.05) is 27.2 Å². The van der Waals surface area contributed by atoms with Crippen LogP contribution in [-0.2, 0) is 4.79 Å². The van der Waals surface area contributed by atoms with E-state index >= 15 is 0 Å². The maximum Gasteiger partial charge on any atom is 0.155 e. The summed E-state index contributed by atoms with van der Waals surface area (Å²) in [5, 5.41) is 0. The summed E-state index contributed by atoms with van der Waals surface area (Å²) >= 11 is 0. The number of hydrogen-bond donors (Lipinski definition) is 0. The Kier molecular flexibility index (Phi) is 9.40. The summed E-state index contributed by atoms with van der Waals surface area (Å²) in [6.45, 7) is 8.23. The molecule has 0 N–H and O–H groups in total. The van der Waals surface area contributed by atoms with E-state index in [0.29, 0.717) is 6.42 Å². The van der Waals surface area contributed by atoms with Crippen LogP contribution in [0.5, 0.6) is 0 Å². The number of carbonyl (C=O) groups is 1. The Morgan fingerprint density at radius 3 is 2.29 bits per heavy atom. The normalized spacial score (nSPS) is 12.1. The third-order valence-corrected chi connectivity index (χ3v) is 2.59. The van der Waals surface area contributed by atoms with Gasteiger partial charge in [0.25, 0.3) is 0 Å². The number of aliphatic imine (C=N–C) groups is 1. The first kappa shape index (κ1) is 15.9. The van der Waals surface area contributed by atoms with Crippen molar-refractivity contribution in [2.45, 2.75) is 46.5 Å². The summed E-state index contributed by atoms with van der Waals surface area (Å²) in [5.41, 5.74) is 0. The highest BCUT2D eigenvalue weighted by Crippen LogP contribution is 2.01. The molecule has 0 aliphatic heterocycles.